The molecular weight excluding hydrogens is 285 g/mol. The van der Waals surface area contributed by atoms with E-state index in [2.05, 4.69) is 20.6 Å². The maximum atomic E-state index is 12.9. The van der Waals surface area contributed by atoms with Gasteiger partial charge in [0.15, 0.2) is 5.65 Å². The Morgan fingerprint density at radius 1 is 1.18 bits per heavy atom. The Morgan fingerprint density at radius 3 is 2.77 bits per heavy atom. The van der Waals surface area contributed by atoms with Crippen molar-refractivity contribution in [2.75, 3.05) is 18.5 Å². The Hall–Kier alpha value is -2.54. The Morgan fingerprint density at radius 2 is 2.00 bits per heavy atom. The molecule has 3 rings (SSSR count). The van der Waals surface area contributed by atoms with Crippen LogP contribution in [0.1, 0.15) is 5.56 Å². The molecule has 0 aliphatic carbocycles. The number of hydrogen-bond donors (Lipinski definition) is 2. The molecule has 2 aromatic heterocycles. The summed E-state index contributed by atoms with van der Waals surface area (Å²) in [6.45, 7) is 0.605. The zero-order chi connectivity index (χ0) is 15.4. The van der Waals surface area contributed by atoms with Gasteiger partial charge in [-0.15, -0.1) is 15.3 Å². The lowest BCUT2D eigenvalue weighted by atomic mass is 10.00. The third kappa shape index (κ3) is 3.37. The fourth-order valence-electron chi connectivity index (χ4n) is 2.23. The van der Waals surface area contributed by atoms with Crippen LogP contribution in [-0.2, 0) is 6.42 Å². The van der Waals surface area contributed by atoms with Crippen LogP contribution in [0.25, 0.3) is 5.65 Å². The zero-order valence-corrected chi connectivity index (χ0v) is 11.9. The van der Waals surface area contributed by atoms with Crippen molar-refractivity contribution >= 4 is 11.5 Å². The molecule has 0 spiro atoms. The molecule has 1 aromatic carbocycles. The molecule has 1 atom stereocenters. The first-order chi connectivity index (χ1) is 10.7. The standard InChI is InChI=1S/C15H16FN5O/c16-13-3-1-11(2-4-13)7-12(9-22)8-17-14-5-6-15-19-18-10-21(15)20-14/h1-6,10,12,22H,7-9H2,(H,17,20)/t12-/m0/s1. The van der Waals surface area contributed by atoms with Crippen molar-refractivity contribution in [3.63, 3.8) is 0 Å². The Kier molecular flexibility index (Phi) is 4.24. The second-order valence-electron chi connectivity index (χ2n) is 5.11. The molecule has 22 heavy (non-hydrogen) atoms. The first kappa shape index (κ1) is 14.4. The SMILES string of the molecule is OC[C@H](CNc1ccc2nncn2n1)Cc1ccc(F)cc1. The van der Waals surface area contributed by atoms with Crippen molar-refractivity contribution in [3.8, 4) is 0 Å². The van der Waals surface area contributed by atoms with Gasteiger partial charge < -0.3 is 10.4 Å². The van der Waals surface area contributed by atoms with E-state index >= 15 is 0 Å². The van der Waals surface area contributed by atoms with Gasteiger partial charge in [0.2, 0.25) is 0 Å². The summed E-state index contributed by atoms with van der Waals surface area (Å²) in [5.41, 5.74) is 1.67. The third-order valence-corrected chi connectivity index (χ3v) is 3.43. The van der Waals surface area contributed by atoms with Crippen molar-refractivity contribution < 1.29 is 9.50 Å². The van der Waals surface area contributed by atoms with Crippen molar-refractivity contribution in [3.05, 3.63) is 54.1 Å². The summed E-state index contributed by atoms with van der Waals surface area (Å²) in [5, 5.41) is 24.7. The molecule has 0 saturated heterocycles. The van der Waals surface area contributed by atoms with Gasteiger partial charge in [0, 0.05) is 19.1 Å². The number of fused-ring (bicyclic) bond motifs is 1. The average molecular weight is 301 g/mol. The summed E-state index contributed by atoms with van der Waals surface area (Å²) in [6, 6.07) is 9.96. The van der Waals surface area contributed by atoms with E-state index in [1.807, 2.05) is 12.1 Å². The first-order valence-electron chi connectivity index (χ1n) is 7.01. The van der Waals surface area contributed by atoms with Crippen LogP contribution in [0.2, 0.25) is 0 Å². The highest BCUT2D eigenvalue weighted by molar-refractivity contribution is 5.42. The van der Waals surface area contributed by atoms with E-state index < -0.39 is 0 Å². The molecule has 0 aliphatic heterocycles. The maximum absolute atomic E-state index is 12.9. The number of anilines is 1. The van der Waals surface area contributed by atoms with Crippen LogP contribution >= 0.6 is 0 Å². The highest BCUT2D eigenvalue weighted by atomic mass is 19.1. The third-order valence-electron chi connectivity index (χ3n) is 3.43. The molecule has 0 saturated carbocycles. The molecule has 2 N–H and O–H groups in total. The van der Waals surface area contributed by atoms with E-state index in [4.69, 9.17) is 0 Å². The van der Waals surface area contributed by atoms with Gasteiger partial charge in [-0.2, -0.15) is 4.52 Å². The van der Waals surface area contributed by atoms with Crippen LogP contribution in [0, 0.1) is 11.7 Å². The molecule has 0 amide bonds. The van der Waals surface area contributed by atoms with Gasteiger partial charge in [-0.05, 0) is 36.2 Å². The number of hydrogen-bond acceptors (Lipinski definition) is 5. The molecule has 6 nitrogen and oxygen atoms in total. The number of aromatic nitrogens is 4. The van der Waals surface area contributed by atoms with Crippen LogP contribution in [0.15, 0.2) is 42.7 Å². The van der Waals surface area contributed by atoms with Crippen LogP contribution in [0.3, 0.4) is 0 Å². The summed E-state index contributed by atoms with van der Waals surface area (Å²) < 4.78 is 14.5. The molecule has 2 heterocycles. The fraction of sp³-hybridized carbons (Fsp3) is 0.267. The maximum Gasteiger partial charge on any atom is 0.177 e. The Bertz CT molecular complexity index is 743. The zero-order valence-electron chi connectivity index (χ0n) is 11.9. The topological polar surface area (TPSA) is 75.3 Å². The second-order valence-corrected chi connectivity index (χ2v) is 5.11. The summed E-state index contributed by atoms with van der Waals surface area (Å²) >= 11 is 0. The van der Waals surface area contributed by atoms with Crippen LogP contribution in [0.4, 0.5) is 10.2 Å². The molecular formula is C15H16FN5O. The van der Waals surface area contributed by atoms with Crippen LogP contribution in [-0.4, -0.2) is 38.1 Å². The highest BCUT2D eigenvalue weighted by Gasteiger charge is 2.09. The number of aliphatic hydroxyl groups excluding tert-OH is 1. The number of aliphatic hydroxyl groups is 1. The second kappa shape index (κ2) is 6.48. The van der Waals surface area contributed by atoms with Crippen LogP contribution in [0.5, 0.6) is 0 Å². The Labute approximate surface area is 126 Å². The van der Waals surface area contributed by atoms with E-state index in [-0.39, 0.29) is 18.3 Å². The molecule has 3 aromatic rings. The van der Waals surface area contributed by atoms with Crippen molar-refractivity contribution in [2.45, 2.75) is 6.42 Å². The first-order valence-corrected chi connectivity index (χ1v) is 7.01. The van der Waals surface area contributed by atoms with E-state index in [1.54, 1.807) is 16.6 Å². The van der Waals surface area contributed by atoms with Gasteiger partial charge in [-0.25, -0.2) is 4.39 Å². The van der Waals surface area contributed by atoms with Crippen molar-refractivity contribution in [1.82, 2.24) is 19.8 Å². The molecule has 0 aliphatic rings. The number of rotatable bonds is 6. The fourth-order valence-corrected chi connectivity index (χ4v) is 2.23. The number of halogens is 1. The average Bonchev–Trinajstić information content (AvgIpc) is 3.01. The lowest BCUT2D eigenvalue weighted by molar-refractivity contribution is 0.232. The van der Waals surface area contributed by atoms with Crippen molar-refractivity contribution in [1.29, 1.82) is 0 Å². The summed E-state index contributed by atoms with van der Waals surface area (Å²) in [7, 11) is 0. The normalized spacial score (nSPS) is 12.5. The van der Waals surface area contributed by atoms with Gasteiger partial charge in [0.1, 0.15) is 18.0 Å². The molecule has 0 fully saturated rings. The monoisotopic (exact) mass is 301 g/mol. The molecule has 0 bridgehead atoms. The van der Waals surface area contributed by atoms with E-state index in [9.17, 15) is 9.50 Å². The molecule has 0 unspecified atom stereocenters. The molecule has 114 valence electrons. The number of nitrogens with one attached hydrogen (secondary N) is 1. The lowest BCUT2D eigenvalue weighted by Crippen LogP contribution is -2.21. The van der Waals surface area contributed by atoms with E-state index in [1.165, 1.54) is 18.5 Å². The Balaban J connectivity index is 1.61. The number of nitrogens with zero attached hydrogens (tertiary/aromatic N) is 4. The minimum absolute atomic E-state index is 0.0175. The largest absolute Gasteiger partial charge is 0.396 e. The van der Waals surface area contributed by atoms with E-state index in [0.717, 1.165) is 5.56 Å². The minimum Gasteiger partial charge on any atom is -0.396 e. The smallest absolute Gasteiger partial charge is 0.177 e. The van der Waals surface area contributed by atoms with Crippen LogP contribution < -0.4 is 5.32 Å². The van der Waals surface area contributed by atoms with Crippen molar-refractivity contribution in [2.24, 2.45) is 5.92 Å². The van der Waals surface area contributed by atoms with Gasteiger partial charge in [-0.3, -0.25) is 0 Å². The lowest BCUT2D eigenvalue weighted by Gasteiger charge is -2.15. The number of benzene rings is 1. The van der Waals surface area contributed by atoms with Gasteiger partial charge >= 0.3 is 0 Å². The molecule has 7 heteroatoms. The summed E-state index contributed by atoms with van der Waals surface area (Å²) in [5.74, 6) is 0.447. The summed E-state index contributed by atoms with van der Waals surface area (Å²) in [6.07, 6.45) is 2.20. The molecule has 0 radical (unpaired) electrons. The van der Waals surface area contributed by atoms with Gasteiger partial charge in [-0.1, -0.05) is 12.1 Å². The minimum atomic E-state index is -0.256. The van der Waals surface area contributed by atoms with E-state index in [0.29, 0.717) is 24.4 Å². The predicted molar refractivity (Wildman–Crippen MR) is 80.0 cm³/mol. The van der Waals surface area contributed by atoms with Gasteiger partial charge in [0.25, 0.3) is 0 Å². The quantitative estimate of drug-likeness (QED) is 0.722. The predicted octanol–water partition coefficient (Wildman–Crippen LogP) is 1.53. The van der Waals surface area contributed by atoms with Gasteiger partial charge in [0.05, 0.1) is 0 Å². The highest BCUT2D eigenvalue weighted by Crippen LogP contribution is 2.11. The summed E-state index contributed by atoms with van der Waals surface area (Å²) in [4.78, 5) is 0.